The monoisotopic (exact) mass is 568 g/mol. The number of guanidine groups is 1. The predicted molar refractivity (Wildman–Crippen MR) is 143 cm³/mol. The SMILES string of the molecule is NCCCCC(NC(=O)C(N)Cc1cnc[nH]1)C(=O)NC(CCC(=O)O)C(=O)NC(CCCN=C(N)N)C(=O)O. The number of aromatic nitrogens is 2. The number of H-pyrrole nitrogens is 1. The molecule has 0 saturated heterocycles. The van der Waals surface area contributed by atoms with Crippen molar-refractivity contribution in [3.8, 4) is 0 Å². The van der Waals surface area contributed by atoms with E-state index in [1.807, 2.05) is 0 Å². The van der Waals surface area contributed by atoms with Crippen LogP contribution < -0.4 is 38.9 Å². The number of amides is 3. The van der Waals surface area contributed by atoms with E-state index in [4.69, 9.17) is 28.0 Å². The Kier molecular flexibility index (Phi) is 15.3. The molecule has 0 bridgehead atoms. The molecule has 0 radical (unpaired) electrons. The summed E-state index contributed by atoms with van der Waals surface area (Å²) >= 11 is 0. The van der Waals surface area contributed by atoms with Crippen LogP contribution in [0.2, 0.25) is 0 Å². The van der Waals surface area contributed by atoms with Gasteiger partial charge in [-0.15, -0.1) is 0 Å². The van der Waals surface area contributed by atoms with Crippen LogP contribution in [-0.4, -0.2) is 93.1 Å². The Labute approximate surface area is 230 Å². The number of hydrogen-bond acceptors (Lipinski definition) is 9. The van der Waals surface area contributed by atoms with Gasteiger partial charge in [-0.3, -0.25) is 24.2 Å². The zero-order chi connectivity index (χ0) is 30.1. The molecule has 0 saturated carbocycles. The highest BCUT2D eigenvalue weighted by molar-refractivity contribution is 5.94. The highest BCUT2D eigenvalue weighted by Gasteiger charge is 2.30. The third-order valence-corrected chi connectivity index (χ3v) is 5.75. The molecule has 4 unspecified atom stereocenters. The Bertz CT molecular complexity index is 998. The minimum atomic E-state index is -1.39. The van der Waals surface area contributed by atoms with Crippen molar-refractivity contribution in [3.05, 3.63) is 18.2 Å². The number of aromatic amines is 1. The number of nitrogens with two attached hydrogens (primary N) is 4. The summed E-state index contributed by atoms with van der Waals surface area (Å²) in [7, 11) is 0. The number of carboxylic acid groups (broad SMARTS) is 2. The molecule has 3 amide bonds. The van der Waals surface area contributed by atoms with E-state index >= 15 is 0 Å². The van der Waals surface area contributed by atoms with Gasteiger partial charge >= 0.3 is 11.9 Å². The summed E-state index contributed by atoms with van der Waals surface area (Å²) in [6, 6.07) is -4.85. The number of aliphatic carboxylic acids is 2. The maximum atomic E-state index is 13.2. The number of imidazole rings is 1. The van der Waals surface area contributed by atoms with Gasteiger partial charge in [0.05, 0.1) is 12.4 Å². The fourth-order valence-corrected chi connectivity index (χ4v) is 3.61. The Morgan fingerprint density at radius 2 is 1.50 bits per heavy atom. The number of carbonyl (C=O) groups excluding carboxylic acids is 3. The average molecular weight is 569 g/mol. The van der Waals surface area contributed by atoms with E-state index in [1.54, 1.807) is 0 Å². The van der Waals surface area contributed by atoms with Gasteiger partial charge < -0.3 is 54.1 Å². The van der Waals surface area contributed by atoms with Gasteiger partial charge in [0.1, 0.15) is 18.1 Å². The standard InChI is InChI=1S/C23H40N10O7/c24-8-2-1-4-15(31-19(36)14(25)10-13-11-28-12-30-13)20(37)32-16(6-7-18(34)35)21(38)33-17(22(39)40)5-3-9-29-23(26)27/h11-12,14-17H,1-10,24-25H2,(H,28,30)(H,31,36)(H,32,37)(H,33,38)(H,34,35)(H,39,40)(H4,26,27,29). The van der Waals surface area contributed by atoms with Gasteiger partial charge in [-0.2, -0.15) is 0 Å². The summed E-state index contributed by atoms with van der Waals surface area (Å²) in [6.07, 6.45) is 3.67. The molecule has 1 heterocycles. The molecule has 0 spiro atoms. The number of carboxylic acids is 2. The molecule has 1 rings (SSSR count). The number of nitrogens with one attached hydrogen (secondary N) is 4. The highest BCUT2D eigenvalue weighted by atomic mass is 16.4. The fourth-order valence-electron chi connectivity index (χ4n) is 3.61. The fraction of sp³-hybridized carbons (Fsp3) is 0.609. The first-order valence-corrected chi connectivity index (χ1v) is 12.8. The average Bonchev–Trinajstić information content (AvgIpc) is 3.40. The van der Waals surface area contributed by atoms with Gasteiger partial charge in [0.25, 0.3) is 0 Å². The topological polar surface area (TPSA) is 307 Å². The van der Waals surface area contributed by atoms with E-state index in [9.17, 15) is 29.1 Å². The molecule has 0 aliphatic rings. The lowest BCUT2D eigenvalue weighted by Crippen LogP contribution is -2.57. The quantitative estimate of drug-likeness (QED) is 0.0424. The lowest BCUT2D eigenvalue weighted by atomic mass is 10.0. The maximum absolute atomic E-state index is 13.2. The van der Waals surface area contributed by atoms with Crippen LogP contribution in [0.5, 0.6) is 0 Å². The van der Waals surface area contributed by atoms with Crippen LogP contribution in [0.25, 0.3) is 0 Å². The van der Waals surface area contributed by atoms with Crippen molar-refractivity contribution < 1.29 is 34.2 Å². The molecule has 0 aliphatic carbocycles. The van der Waals surface area contributed by atoms with Crippen molar-refractivity contribution in [3.63, 3.8) is 0 Å². The Hall–Kier alpha value is -4.25. The van der Waals surface area contributed by atoms with Crippen molar-refractivity contribution in [2.75, 3.05) is 13.1 Å². The first kappa shape index (κ1) is 33.8. The van der Waals surface area contributed by atoms with Gasteiger partial charge in [0, 0.05) is 31.3 Å². The molecule has 1 aromatic rings. The van der Waals surface area contributed by atoms with Crippen LogP contribution in [0, 0.1) is 0 Å². The number of carbonyl (C=O) groups is 5. The lowest BCUT2D eigenvalue weighted by Gasteiger charge is -2.25. The first-order chi connectivity index (χ1) is 18.9. The predicted octanol–water partition coefficient (Wildman–Crippen LogP) is -3.13. The summed E-state index contributed by atoms with van der Waals surface area (Å²) in [6.45, 7) is 0.485. The number of hydrogen-bond donors (Lipinski definition) is 10. The van der Waals surface area contributed by atoms with Crippen LogP contribution in [0.4, 0.5) is 0 Å². The number of aliphatic imine (C=N–C) groups is 1. The number of rotatable bonds is 20. The van der Waals surface area contributed by atoms with Gasteiger partial charge in [-0.05, 0) is 45.1 Å². The minimum Gasteiger partial charge on any atom is -0.481 e. The van der Waals surface area contributed by atoms with E-state index in [-0.39, 0.29) is 44.6 Å². The van der Waals surface area contributed by atoms with Gasteiger partial charge in [-0.1, -0.05) is 0 Å². The Balaban J connectivity index is 2.96. The summed E-state index contributed by atoms with van der Waals surface area (Å²) < 4.78 is 0. The second kappa shape index (κ2) is 18.1. The first-order valence-electron chi connectivity index (χ1n) is 12.8. The van der Waals surface area contributed by atoms with Crippen LogP contribution >= 0.6 is 0 Å². The molecular formula is C23H40N10O7. The highest BCUT2D eigenvalue weighted by Crippen LogP contribution is 2.07. The normalized spacial score (nSPS) is 13.8. The van der Waals surface area contributed by atoms with E-state index in [0.717, 1.165) is 0 Å². The molecule has 0 aromatic carbocycles. The minimum absolute atomic E-state index is 0.0244. The second-order valence-electron chi connectivity index (χ2n) is 9.07. The molecule has 17 nitrogen and oxygen atoms in total. The lowest BCUT2D eigenvalue weighted by molar-refractivity contribution is -0.143. The van der Waals surface area contributed by atoms with Crippen molar-refractivity contribution in [1.82, 2.24) is 25.9 Å². The molecule has 40 heavy (non-hydrogen) atoms. The summed E-state index contributed by atoms with van der Waals surface area (Å²) in [5.74, 6) is -5.00. The smallest absolute Gasteiger partial charge is 0.326 e. The molecule has 4 atom stereocenters. The summed E-state index contributed by atoms with van der Waals surface area (Å²) in [5.41, 5.74) is 22.6. The zero-order valence-corrected chi connectivity index (χ0v) is 22.2. The van der Waals surface area contributed by atoms with Crippen molar-refractivity contribution in [2.45, 2.75) is 75.5 Å². The number of unbranched alkanes of at least 4 members (excludes halogenated alkanes) is 1. The van der Waals surface area contributed by atoms with Gasteiger partial charge in [-0.25, -0.2) is 9.78 Å². The van der Waals surface area contributed by atoms with Gasteiger partial charge in [0.15, 0.2) is 5.96 Å². The molecular weight excluding hydrogens is 528 g/mol. The third kappa shape index (κ3) is 13.5. The molecule has 0 aliphatic heterocycles. The van der Waals surface area contributed by atoms with Crippen LogP contribution in [0.15, 0.2) is 17.5 Å². The molecule has 224 valence electrons. The third-order valence-electron chi connectivity index (χ3n) is 5.75. The molecule has 1 aromatic heterocycles. The molecule has 17 heteroatoms. The zero-order valence-electron chi connectivity index (χ0n) is 22.2. The largest absolute Gasteiger partial charge is 0.481 e. The molecule has 14 N–H and O–H groups in total. The van der Waals surface area contributed by atoms with E-state index in [0.29, 0.717) is 25.1 Å². The summed E-state index contributed by atoms with van der Waals surface area (Å²) in [5, 5.41) is 26.0. The van der Waals surface area contributed by atoms with E-state index in [1.165, 1.54) is 12.5 Å². The van der Waals surface area contributed by atoms with Crippen LogP contribution in [0.1, 0.15) is 50.6 Å². The number of nitrogens with zero attached hydrogens (tertiary/aromatic N) is 2. The maximum Gasteiger partial charge on any atom is 0.326 e. The van der Waals surface area contributed by atoms with Gasteiger partial charge in [0.2, 0.25) is 17.7 Å². The van der Waals surface area contributed by atoms with E-state index in [2.05, 4.69) is 30.9 Å². The molecule has 0 fully saturated rings. The van der Waals surface area contributed by atoms with E-state index < -0.39 is 60.2 Å². The Morgan fingerprint density at radius 1 is 0.900 bits per heavy atom. The second-order valence-corrected chi connectivity index (χ2v) is 9.07. The van der Waals surface area contributed by atoms with Crippen molar-refractivity contribution in [2.24, 2.45) is 27.9 Å². The Morgan fingerprint density at radius 3 is 2.05 bits per heavy atom. The van der Waals surface area contributed by atoms with Crippen molar-refractivity contribution >= 4 is 35.6 Å². The van der Waals surface area contributed by atoms with Crippen LogP contribution in [-0.2, 0) is 30.4 Å². The van der Waals surface area contributed by atoms with Crippen molar-refractivity contribution in [1.29, 1.82) is 0 Å². The summed E-state index contributed by atoms with van der Waals surface area (Å²) in [4.78, 5) is 72.1. The van der Waals surface area contributed by atoms with Crippen LogP contribution in [0.3, 0.4) is 0 Å².